The van der Waals surface area contributed by atoms with Crippen molar-refractivity contribution in [3.63, 3.8) is 0 Å². The van der Waals surface area contributed by atoms with Gasteiger partial charge in [0.25, 0.3) is 0 Å². The van der Waals surface area contributed by atoms with E-state index in [1.165, 1.54) is 43.5 Å². The molecule has 0 radical (unpaired) electrons. The van der Waals surface area contributed by atoms with Gasteiger partial charge in [-0.25, -0.2) is 26.3 Å². The lowest BCUT2D eigenvalue weighted by atomic mass is 9.98. The first-order valence-corrected chi connectivity index (χ1v) is 8.40. The Hall–Kier alpha value is -3.06. The summed E-state index contributed by atoms with van der Waals surface area (Å²) < 4.78 is 86.4. The fraction of sp³-hybridized carbons (Fsp3) is 0.0909. The van der Waals surface area contributed by atoms with E-state index in [-0.39, 0.29) is 16.7 Å². The largest absolute Gasteiger partial charge is 0.377 e. The molecule has 0 saturated carbocycles. The molecule has 7 heteroatoms. The van der Waals surface area contributed by atoms with Gasteiger partial charge in [-0.05, 0) is 34.9 Å². The molecule has 0 fully saturated rings. The van der Waals surface area contributed by atoms with Gasteiger partial charge in [0.05, 0.1) is 0 Å². The van der Waals surface area contributed by atoms with Crippen molar-refractivity contribution < 1.29 is 31.1 Å². The lowest BCUT2D eigenvalue weighted by molar-refractivity contribution is 0.205. The number of halogens is 6. The molecule has 0 aliphatic carbocycles. The smallest absolute Gasteiger partial charge is 0.194 e. The Balaban J connectivity index is 1.92. The molecule has 0 amide bonds. The fourth-order valence-electron chi connectivity index (χ4n) is 2.80. The fourth-order valence-corrected chi connectivity index (χ4v) is 2.80. The van der Waals surface area contributed by atoms with Crippen molar-refractivity contribution in [1.82, 2.24) is 0 Å². The third-order valence-corrected chi connectivity index (χ3v) is 4.24. The second kappa shape index (κ2) is 8.53. The van der Waals surface area contributed by atoms with Crippen molar-refractivity contribution >= 4 is 5.83 Å². The molecule has 0 bridgehead atoms. The van der Waals surface area contributed by atoms with Crippen LogP contribution in [-0.4, -0.2) is 13.7 Å². The average molecular weight is 408 g/mol. The number of rotatable bonds is 5. The number of methoxy groups -OCH3 is 1. The SMILES string of the molecule is COC/C(F)=C(\F)c1ccc(-c2ccc(-c3cc(F)c(F)c(F)c3)c(F)c2)cc1. The summed E-state index contributed by atoms with van der Waals surface area (Å²) in [4.78, 5) is 0. The second-order valence-electron chi connectivity index (χ2n) is 6.18. The third-order valence-electron chi connectivity index (χ3n) is 4.24. The van der Waals surface area contributed by atoms with Crippen molar-refractivity contribution in [3.8, 4) is 22.3 Å². The molecule has 0 aromatic heterocycles. The molecule has 29 heavy (non-hydrogen) atoms. The first-order valence-electron chi connectivity index (χ1n) is 8.40. The van der Waals surface area contributed by atoms with Crippen LogP contribution >= 0.6 is 0 Å². The van der Waals surface area contributed by atoms with Crippen LogP contribution in [0.3, 0.4) is 0 Å². The molecule has 0 heterocycles. The van der Waals surface area contributed by atoms with E-state index in [1.807, 2.05) is 0 Å². The van der Waals surface area contributed by atoms with Gasteiger partial charge >= 0.3 is 0 Å². The lowest BCUT2D eigenvalue weighted by Gasteiger charge is -2.09. The van der Waals surface area contributed by atoms with Crippen molar-refractivity contribution in [2.24, 2.45) is 0 Å². The molecule has 0 spiro atoms. The van der Waals surface area contributed by atoms with Crippen molar-refractivity contribution in [2.75, 3.05) is 13.7 Å². The van der Waals surface area contributed by atoms with Crippen LogP contribution in [0.4, 0.5) is 26.3 Å². The van der Waals surface area contributed by atoms with E-state index in [2.05, 4.69) is 4.74 Å². The summed E-state index contributed by atoms with van der Waals surface area (Å²) in [5.74, 6) is -7.36. The minimum absolute atomic E-state index is 0.00217. The molecule has 1 nitrogen and oxygen atoms in total. The first kappa shape index (κ1) is 20.7. The highest BCUT2D eigenvalue weighted by atomic mass is 19.2. The molecule has 0 aliphatic rings. The molecular weight excluding hydrogens is 394 g/mol. The van der Waals surface area contributed by atoms with E-state index in [4.69, 9.17) is 0 Å². The Morgan fingerprint density at radius 2 is 1.28 bits per heavy atom. The zero-order valence-corrected chi connectivity index (χ0v) is 15.1. The predicted molar refractivity (Wildman–Crippen MR) is 98.2 cm³/mol. The Bertz CT molecular complexity index is 1050. The maximum atomic E-state index is 14.5. The van der Waals surface area contributed by atoms with Crippen LogP contribution in [-0.2, 0) is 4.74 Å². The zero-order valence-electron chi connectivity index (χ0n) is 15.1. The molecule has 3 aromatic rings. The van der Waals surface area contributed by atoms with Gasteiger partial charge in [0.2, 0.25) is 0 Å². The van der Waals surface area contributed by atoms with Crippen molar-refractivity contribution in [2.45, 2.75) is 0 Å². The summed E-state index contributed by atoms with van der Waals surface area (Å²) in [6.07, 6.45) is 0. The van der Waals surface area contributed by atoms with E-state index >= 15 is 0 Å². The van der Waals surface area contributed by atoms with Gasteiger partial charge in [0.15, 0.2) is 29.1 Å². The summed E-state index contributed by atoms with van der Waals surface area (Å²) in [6.45, 7) is -0.495. The Labute approximate surface area is 162 Å². The minimum atomic E-state index is -1.63. The van der Waals surface area contributed by atoms with E-state index in [0.29, 0.717) is 23.3 Å². The van der Waals surface area contributed by atoms with Gasteiger partial charge in [0, 0.05) is 18.2 Å². The van der Waals surface area contributed by atoms with Crippen LogP contribution in [0.15, 0.2) is 60.4 Å². The van der Waals surface area contributed by atoms with Crippen LogP contribution in [0, 0.1) is 23.3 Å². The third kappa shape index (κ3) is 4.35. The highest BCUT2D eigenvalue weighted by Crippen LogP contribution is 2.31. The summed E-state index contributed by atoms with van der Waals surface area (Å²) >= 11 is 0. The summed E-state index contributed by atoms with van der Waals surface area (Å²) in [5, 5.41) is 0. The number of benzene rings is 3. The van der Waals surface area contributed by atoms with Gasteiger partial charge in [0.1, 0.15) is 12.4 Å². The summed E-state index contributed by atoms with van der Waals surface area (Å²) in [5.41, 5.74) is 0.649. The van der Waals surface area contributed by atoms with Crippen LogP contribution in [0.2, 0.25) is 0 Å². The highest BCUT2D eigenvalue weighted by molar-refractivity contribution is 5.72. The number of ether oxygens (including phenoxy) is 1. The van der Waals surface area contributed by atoms with E-state index < -0.39 is 41.5 Å². The summed E-state index contributed by atoms with van der Waals surface area (Å²) in [6, 6.07) is 10.9. The van der Waals surface area contributed by atoms with Crippen LogP contribution in [0.25, 0.3) is 28.1 Å². The molecule has 150 valence electrons. The molecule has 0 aliphatic heterocycles. The Kier molecular flexibility index (Phi) is 6.08. The average Bonchev–Trinajstić information content (AvgIpc) is 2.71. The standard InChI is InChI=1S/C22H14F6O/c1-29-11-20(26)21(27)13-4-2-12(3-5-13)14-6-7-16(17(23)8-14)15-9-18(24)22(28)19(25)10-15/h2-10H,11H2,1H3/b21-20+. The van der Waals surface area contributed by atoms with Crippen molar-refractivity contribution in [1.29, 1.82) is 0 Å². The topological polar surface area (TPSA) is 9.23 Å². The minimum Gasteiger partial charge on any atom is -0.377 e. The normalized spacial score (nSPS) is 12.1. The molecule has 0 saturated heterocycles. The molecule has 3 aromatic carbocycles. The van der Waals surface area contributed by atoms with Crippen LogP contribution in [0.1, 0.15) is 5.56 Å². The molecule has 0 unspecified atom stereocenters. The van der Waals surface area contributed by atoms with E-state index in [1.54, 1.807) is 0 Å². The van der Waals surface area contributed by atoms with Gasteiger partial charge < -0.3 is 4.74 Å². The Morgan fingerprint density at radius 1 is 0.724 bits per heavy atom. The quantitative estimate of drug-likeness (QED) is 0.332. The summed E-state index contributed by atoms with van der Waals surface area (Å²) in [7, 11) is 1.24. The maximum absolute atomic E-state index is 14.5. The van der Waals surface area contributed by atoms with E-state index in [9.17, 15) is 26.3 Å². The number of hydrogen-bond acceptors (Lipinski definition) is 1. The second-order valence-corrected chi connectivity index (χ2v) is 6.18. The van der Waals surface area contributed by atoms with E-state index in [0.717, 1.165) is 6.07 Å². The maximum Gasteiger partial charge on any atom is 0.194 e. The zero-order chi connectivity index (χ0) is 21.1. The Morgan fingerprint density at radius 3 is 1.83 bits per heavy atom. The molecule has 3 rings (SSSR count). The first-order chi connectivity index (χ1) is 13.8. The molecular formula is C22H14F6O. The van der Waals surface area contributed by atoms with Crippen LogP contribution in [0.5, 0.6) is 0 Å². The van der Waals surface area contributed by atoms with Gasteiger partial charge in [-0.15, -0.1) is 0 Å². The predicted octanol–water partition coefficient (Wildman–Crippen LogP) is 6.83. The lowest BCUT2D eigenvalue weighted by Crippen LogP contribution is -1.94. The van der Waals surface area contributed by atoms with Gasteiger partial charge in [-0.3, -0.25) is 0 Å². The highest BCUT2D eigenvalue weighted by Gasteiger charge is 2.15. The van der Waals surface area contributed by atoms with Crippen LogP contribution < -0.4 is 0 Å². The molecule has 0 atom stereocenters. The van der Waals surface area contributed by atoms with Gasteiger partial charge in [-0.1, -0.05) is 36.4 Å². The number of hydrogen-bond donors (Lipinski definition) is 0. The van der Waals surface area contributed by atoms with Gasteiger partial charge in [-0.2, -0.15) is 0 Å². The van der Waals surface area contributed by atoms with Crippen molar-refractivity contribution in [3.05, 3.63) is 89.3 Å². The molecule has 0 N–H and O–H groups in total. The monoisotopic (exact) mass is 408 g/mol.